The minimum absolute atomic E-state index is 0.180. The standard InChI is InChI=1S/C18H24N4O/c1-21(12-15-6-3-2-4-7-15)18(23)14-22-11-5-8-16(13-22)17-9-10-19-20-17/h2-4,6-7,9-10,16H,5,8,11-14H2,1H3,(H,19,20)/t16-/m1/s1. The highest BCUT2D eigenvalue weighted by Gasteiger charge is 2.24. The molecule has 1 N–H and O–H groups in total. The first kappa shape index (κ1) is 15.7. The number of aromatic amines is 1. The van der Waals surface area contributed by atoms with E-state index in [4.69, 9.17) is 0 Å². The molecule has 5 heteroatoms. The molecule has 0 unspecified atom stereocenters. The predicted molar refractivity (Wildman–Crippen MR) is 89.9 cm³/mol. The number of hydrogen-bond acceptors (Lipinski definition) is 3. The number of nitrogens with zero attached hydrogens (tertiary/aromatic N) is 3. The smallest absolute Gasteiger partial charge is 0.236 e. The molecular formula is C18H24N4O. The van der Waals surface area contributed by atoms with Crippen LogP contribution in [-0.4, -0.2) is 52.6 Å². The number of benzene rings is 1. The number of rotatable bonds is 5. The van der Waals surface area contributed by atoms with Crippen LogP contribution in [0.25, 0.3) is 0 Å². The molecule has 0 aliphatic carbocycles. The molecule has 0 spiro atoms. The number of amides is 1. The van der Waals surface area contributed by atoms with Crippen molar-refractivity contribution in [2.75, 3.05) is 26.7 Å². The van der Waals surface area contributed by atoms with E-state index in [1.54, 1.807) is 6.20 Å². The Bertz CT molecular complexity index is 611. The molecule has 0 bridgehead atoms. The molecule has 1 fully saturated rings. The molecule has 1 saturated heterocycles. The summed E-state index contributed by atoms with van der Waals surface area (Å²) in [5.41, 5.74) is 2.34. The molecule has 2 heterocycles. The van der Waals surface area contributed by atoms with Crippen LogP contribution in [0.4, 0.5) is 0 Å². The minimum atomic E-state index is 0.180. The van der Waals surface area contributed by atoms with Crippen LogP contribution >= 0.6 is 0 Å². The summed E-state index contributed by atoms with van der Waals surface area (Å²) in [4.78, 5) is 16.6. The Hall–Kier alpha value is -2.14. The van der Waals surface area contributed by atoms with Gasteiger partial charge in [0, 0.05) is 37.9 Å². The van der Waals surface area contributed by atoms with Gasteiger partial charge in [0.25, 0.3) is 0 Å². The van der Waals surface area contributed by atoms with E-state index in [2.05, 4.69) is 27.2 Å². The number of hydrogen-bond donors (Lipinski definition) is 1. The van der Waals surface area contributed by atoms with Gasteiger partial charge < -0.3 is 4.90 Å². The van der Waals surface area contributed by atoms with Crippen LogP contribution < -0.4 is 0 Å². The van der Waals surface area contributed by atoms with Crippen LogP contribution in [0.2, 0.25) is 0 Å². The van der Waals surface area contributed by atoms with E-state index in [0.29, 0.717) is 19.0 Å². The van der Waals surface area contributed by atoms with Gasteiger partial charge in [0.05, 0.1) is 6.54 Å². The normalized spacial score (nSPS) is 18.7. The molecule has 5 nitrogen and oxygen atoms in total. The summed E-state index contributed by atoms with van der Waals surface area (Å²) in [7, 11) is 1.88. The molecule has 1 aromatic carbocycles. The number of aromatic nitrogens is 2. The lowest BCUT2D eigenvalue weighted by molar-refractivity contribution is -0.131. The molecule has 1 atom stereocenters. The largest absolute Gasteiger partial charge is 0.340 e. The third kappa shape index (κ3) is 4.20. The van der Waals surface area contributed by atoms with E-state index >= 15 is 0 Å². The summed E-state index contributed by atoms with van der Waals surface area (Å²) in [6.07, 6.45) is 4.08. The van der Waals surface area contributed by atoms with Gasteiger partial charge in [0.15, 0.2) is 0 Å². The fraction of sp³-hybridized carbons (Fsp3) is 0.444. The van der Waals surface area contributed by atoms with Crippen molar-refractivity contribution < 1.29 is 4.79 Å². The predicted octanol–water partition coefficient (Wildman–Crippen LogP) is 2.25. The molecule has 0 radical (unpaired) electrons. The topological polar surface area (TPSA) is 52.2 Å². The highest BCUT2D eigenvalue weighted by Crippen LogP contribution is 2.25. The number of carbonyl (C=O) groups excluding carboxylic acids is 1. The molecule has 3 rings (SSSR count). The average Bonchev–Trinajstić information content (AvgIpc) is 3.10. The van der Waals surface area contributed by atoms with Crippen LogP contribution in [0.1, 0.15) is 30.0 Å². The lowest BCUT2D eigenvalue weighted by Gasteiger charge is -2.32. The van der Waals surface area contributed by atoms with Gasteiger partial charge in [0.2, 0.25) is 5.91 Å². The number of piperidine rings is 1. The third-order valence-electron chi connectivity index (χ3n) is 4.51. The quantitative estimate of drug-likeness (QED) is 0.921. The number of H-pyrrole nitrogens is 1. The fourth-order valence-corrected chi connectivity index (χ4v) is 3.20. The summed E-state index contributed by atoms with van der Waals surface area (Å²) < 4.78 is 0. The fourth-order valence-electron chi connectivity index (χ4n) is 3.20. The van der Waals surface area contributed by atoms with Gasteiger partial charge in [-0.2, -0.15) is 5.10 Å². The SMILES string of the molecule is CN(Cc1ccccc1)C(=O)CN1CCC[C@@H](c2ccn[nH]2)C1. The Labute approximate surface area is 137 Å². The number of carbonyl (C=O) groups is 1. The van der Waals surface area contributed by atoms with Crippen molar-refractivity contribution in [2.24, 2.45) is 0 Å². The molecule has 1 aliphatic heterocycles. The van der Waals surface area contributed by atoms with E-state index in [1.807, 2.05) is 36.2 Å². The molecule has 0 saturated carbocycles. The van der Waals surface area contributed by atoms with E-state index < -0.39 is 0 Å². The van der Waals surface area contributed by atoms with Gasteiger partial charge >= 0.3 is 0 Å². The first-order valence-corrected chi connectivity index (χ1v) is 8.22. The van der Waals surface area contributed by atoms with E-state index in [9.17, 15) is 4.79 Å². The van der Waals surface area contributed by atoms with Crippen molar-refractivity contribution in [3.63, 3.8) is 0 Å². The van der Waals surface area contributed by atoms with Gasteiger partial charge in [0.1, 0.15) is 0 Å². The summed E-state index contributed by atoms with van der Waals surface area (Å²) >= 11 is 0. The number of likely N-dealkylation sites (N-methyl/N-ethyl adjacent to an activating group) is 1. The zero-order chi connectivity index (χ0) is 16.1. The van der Waals surface area contributed by atoms with Crippen LogP contribution in [-0.2, 0) is 11.3 Å². The maximum Gasteiger partial charge on any atom is 0.236 e. The lowest BCUT2D eigenvalue weighted by atomic mass is 9.95. The van der Waals surface area contributed by atoms with Gasteiger partial charge in [-0.25, -0.2) is 0 Å². The monoisotopic (exact) mass is 312 g/mol. The minimum Gasteiger partial charge on any atom is -0.340 e. The zero-order valence-electron chi connectivity index (χ0n) is 13.6. The first-order chi connectivity index (χ1) is 11.2. The molecule has 1 aliphatic rings. The second-order valence-corrected chi connectivity index (χ2v) is 6.32. The lowest BCUT2D eigenvalue weighted by Crippen LogP contribution is -2.42. The maximum atomic E-state index is 12.5. The van der Waals surface area contributed by atoms with Crippen LogP contribution in [0, 0.1) is 0 Å². The number of likely N-dealkylation sites (tertiary alicyclic amines) is 1. The molecular weight excluding hydrogens is 288 g/mol. The molecule has 1 aromatic heterocycles. The van der Waals surface area contributed by atoms with Crippen molar-refractivity contribution in [3.8, 4) is 0 Å². The van der Waals surface area contributed by atoms with Crippen molar-refractivity contribution in [2.45, 2.75) is 25.3 Å². The van der Waals surface area contributed by atoms with Crippen LogP contribution in [0.15, 0.2) is 42.6 Å². The van der Waals surface area contributed by atoms with Gasteiger partial charge in [-0.05, 0) is 31.0 Å². The molecule has 122 valence electrons. The van der Waals surface area contributed by atoms with Gasteiger partial charge in [-0.1, -0.05) is 30.3 Å². The third-order valence-corrected chi connectivity index (χ3v) is 4.51. The zero-order valence-corrected chi connectivity index (χ0v) is 13.6. The summed E-state index contributed by atoms with van der Waals surface area (Å²) in [6.45, 7) is 3.08. The first-order valence-electron chi connectivity index (χ1n) is 8.22. The highest BCUT2D eigenvalue weighted by molar-refractivity contribution is 5.78. The molecule has 1 amide bonds. The Kier molecular flexibility index (Phi) is 5.08. The van der Waals surface area contributed by atoms with Crippen molar-refractivity contribution in [3.05, 3.63) is 53.9 Å². The number of nitrogens with one attached hydrogen (secondary N) is 1. The summed E-state index contributed by atoms with van der Waals surface area (Å²) in [5.74, 6) is 0.637. The van der Waals surface area contributed by atoms with Gasteiger partial charge in [-0.15, -0.1) is 0 Å². The maximum absolute atomic E-state index is 12.5. The summed E-state index contributed by atoms with van der Waals surface area (Å²) in [5, 5.41) is 7.10. The van der Waals surface area contributed by atoms with Crippen molar-refractivity contribution in [1.82, 2.24) is 20.0 Å². The van der Waals surface area contributed by atoms with Crippen molar-refractivity contribution >= 4 is 5.91 Å². The highest BCUT2D eigenvalue weighted by atomic mass is 16.2. The van der Waals surface area contributed by atoms with Crippen LogP contribution in [0.5, 0.6) is 0 Å². The Balaban J connectivity index is 1.52. The van der Waals surface area contributed by atoms with E-state index in [-0.39, 0.29) is 5.91 Å². The van der Waals surface area contributed by atoms with E-state index in [1.165, 1.54) is 5.69 Å². The molecule has 23 heavy (non-hydrogen) atoms. The molecule has 2 aromatic rings. The second kappa shape index (κ2) is 7.42. The summed E-state index contributed by atoms with van der Waals surface area (Å²) in [6, 6.07) is 12.2. The Morgan fingerprint density at radius 3 is 2.91 bits per heavy atom. The van der Waals surface area contributed by atoms with Crippen molar-refractivity contribution in [1.29, 1.82) is 0 Å². The van der Waals surface area contributed by atoms with Gasteiger partial charge in [-0.3, -0.25) is 14.8 Å². The Morgan fingerprint density at radius 1 is 1.35 bits per heavy atom. The van der Waals surface area contributed by atoms with E-state index in [0.717, 1.165) is 31.5 Å². The average molecular weight is 312 g/mol. The van der Waals surface area contributed by atoms with Crippen LogP contribution in [0.3, 0.4) is 0 Å². The Morgan fingerprint density at radius 2 is 2.17 bits per heavy atom. The second-order valence-electron chi connectivity index (χ2n) is 6.32.